The second-order valence-corrected chi connectivity index (χ2v) is 5.97. The van der Waals surface area contributed by atoms with Crippen molar-refractivity contribution in [2.45, 2.75) is 46.3 Å². The normalized spacial score (nSPS) is 16.0. The van der Waals surface area contributed by atoms with Gasteiger partial charge in [-0.2, -0.15) is 0 Å². The molecule has 2 atom stereocenters. The number of hydrogen-bond donors (Lipinski definition) is 2. The van der Waals surface area contributed by atoms with Crippen LogP contribution in [0.1, 0.15) is 34.1 Å². The average Bonchev–Trinajstić information content (AvgIpc) is 2.24. The van der Waals surface area contributed by atoms with E-state index in [1.807, 2.05) is 7.05 Å². The van der Waals surface area contributed by atoms with Crippen molar-refractivity contribution in [1.29, 1.82) is 0 Å². The first kappa shape index (κ1) is 17.8. The Morgan fingerprint density at radius 3 is 2.50 bits per heavy atom. The second-order valence-electron chi connectivity index (χ2n) is 5.97. The zero-order valence-corrected chi connectivity index (χ0v) is 13.0. The van der Waals surface area contributed by atoms with Crippen LogP contribution >= 0.6 is 0 Å². The lowest BCUT2D eigenvalue weighted by atomic mass is 9.84. The topological polar surface area (TPSA) is 44.7 Å². The minimum Gasteiger partial charge on any atom is -0.389 e. The summed E-state index contributed by atoms with van der Waals surface area (Å²) in [5, 5.41) is 13.3. The molecule has 0 aromatic heterocycles. The van der Waals surface area contributed by atoms with Crippen molar-refractivity contribution in [2.75, 3.05) is 40.4 Å². The van der Waals surface area contributed by atoms with Crippen molar-refractivity contribution >= 4 is 0 Å². The number of aliphatic hydroxyl groups is 1. The zero-order valence-electron chi connectivity index (χ0n) is 13.0. The van der Waals surface area contributed by atoms with Crippen LogP contribution in [0.4, 0.5) is 0 Å². The van der Waals surface area contributed by atoms with Crippen LogP contribution in [0.2, 0.25) is 0 Å². The van der Waals surface area contributed by atoms with Gasteiger partial charge < -0.3 is 20.1 Å². The summed E-state index contributed by atoms with van der Waals surface area (Å²) in [5.74, 6) is 0. The number of hydrogen-bond acceptors (Lipinski definition) is 4. The Morgan fingerprint density at radius 1 is 1.39 bits per heavy atom. The van der Waals surface area contributed by atoms with Crippen molar-refractivity contribution in [2.24, 2.45) is 5.41 Å². The minimum atomic E-state index is -0.408. The molecule has 0 aliphatic rings. The van der Waals surface area contributed by atoms with E-state index in [0.717, 1.165) is 19.5 Å². The number of rotatable bonds is 10. The summed E-state index contributed by atoms with van der Waals surface area (Å²) in [6.45, 7) is 12.0. The van der Waals surface area contributed by atoms with Crippen molar-refractivity contribution in [3.63, 3.8) is 0 Å². The molecule has 110 valence electrons. The summed E-state index contributed by atoms with van der Waals surface area (Å²) in [6.07, 6.45) is 0.748. The van der Waals surface area contributed by atoms with Gasteiger partial charge >= 0.3 is 0 Å². The first-order valence-corrected chi connectivity index (χ1v) is 6.92. The highest BCUT2D eigenvalue weighted by Gasteiger charge is 2.27. The van der Waals surface area contributed by atoms with Gasteiger partial charge in [0.05, 0.1) is 12.7 Å². The number of ether oxygens (including phenoxy) is 1. The molecule has 0 bridgehead atoms. The Labute approximate surface area is 113 Å². The Kier molecular flexibility index (Phi) is 8.78. The van der Waals surface area contributed by atoms with Gasteiger partial charge in [-0.3, -0.25) is 0 Å². The Hall–Kier alpha value is -0.160. The van der Waals surface area contributed by atoms with E-state index in [9.17, 15) is 5.11 Å². The molecule has 0 aromatic rings. The van der Waals surface area contributed by atoms with Gasteiger partial charge in [0.2, 0.25) is 0 Å². The number of aliphatic hydroxyl groups excluding tert-OH is 1. The lowest BCUT2D eigenvalue weighted by Gasteiger charge is -2.36. The molecule has 0 fully saturated rings. The lowest BCUT2D eigenvalue weighted by Crippen LogP contribution is -2.47. The summed E-state index contributed by atoms with van der Waals surface area (Å²) in [6, 6.07) is 0.458. The van der Waals surface area contributed by atoms with Crippen molar-refractivity contribution < 1.29 is 9.84 Å². The van der Waals surface area contributed by atoms with Crippen molar-refractivity contribution in [1.82, 2.24) is 10.2 Å². The standard InChI is InChI=1S/C14H32N2O2/c1-7-8-15-12(2)14(3,4)11-16(5)9-13(17)10-18-6/h12-13,15,17H,7-11H2,1-6H3. The van der Waals surface area contributed by atoms with Crippen LogP contribution in [-0.4, -0.2) is 62.6 Å². The Bertz CT molecular complexity index is 210. The highest BCUT2D eigenvalue weighted by Crippen LogP contribution is 2.21. The molecule has 0 radical (unpaired) electrons. The van der Waals surface area contributed by atoms with Crippen LogP contribution in [-0.2, 0) is 4.74 Å². The molecule has 0 heterocycles. The van der Waals surface area contributed by atoms with Gasteiger partial charge in [-0.15, -0.1) is 0 Å². The number of nitrogens with one attached hydrogen (secondary N) is 1. The molecule has 0 saturated carbocycles. The van der Waals surface area contributed by atoms with Gasteiger partial charge in [0.1, 0.15) is 0 Å². The monoisotopic (exact) mass is 260 g/mol. The fraction of sp³-hybridized carbons (Fsp3) is 1.00. The fourth-order valence-electron chi connectivity index (χ4n) is 2.14. The van der Waals surface area contributed by atoms with Crippen molar-refractivity contribution in [3.05, 3.63) is 0 Å². The third-order valence-corrected chi connectivity index (χ3v) is 3.43. The molecule has 0 aliphatic carbocycles. The average molecular weight is 260 g/mol. The molecule has 0 saturated heterocycles. The van der Waals surface area contributed by atoms with Gasteiger partial charge in [0, 0.05) is 26.2 Å². The van der Waals surface area contributed by atoms with E-state index in [1.54, 1.807) is 7.11 Å². The Balaban J connectivity index is 4.12. The van der Waals surface area contributed by atoms with Gasteiger partial charge in [0.15, 0.2) is 0 Å². The highest BCUT2D eigenvalue weighted by molar-refractivity contribution is 4.83. The van der Waals surface area contributed by atoms with Gasteiger partial charge in [-0.1, -0.05) is 20.8 Å². The predicted molar refractivity (Wildman–Crippen MR) is 76.9 cm³/mol. The maximum absolute atomic E-state index is 9.71. The molecule has 4 nitrogen and oxygen atoms in total. The predicted octanol–water partition coefficient (Wildman–Crippen LogP) is 1.34. The lowest BCUT2D eigenvalue weighted by molar-refractivity contribution is 0.0332. The SMILES string of the molecule is CCCNC(C)C(C)(C)CN(C)CC(O)COC. The van der Waals surface area contributed by atoms with E-state index in [1.165, 1.54) is 0 Å². The molecule has 4 heteroatoms. The van der Waals surface area contributed by atoms with Gasteiger partial charge in [0.25, 0.3) is 0 Å². The zero-order chi connectivity index (χ0) is 14.2. The molecule has 0 rings (SSSR count). The first-order chi connectivity index (χ1) is 8.33. The van der Waals surface area contributed by atoms with Crippen LogP contribution in [0.25, 0.3) is 0 Å². The molecule has 2 unspecified atom stereocenters. The fourth-order valence-corrected chi connectivity index (χ4v) is 2.14. The Morgan fingerprint density at radius 2 is 2.00 bits per heavy atom. The second kappa shape index (κ2) is 8.86. The number of likely N-dealkylation sites (N-methyl/N-ethyl adjacent to an activating group) is 1. The molecule has 0 aliphatic heterocycles. The van der Waals surface area contributed by atoms with Crippen LogP contribution in [0, 0.1) is 5.41 Å². The van der Waals surface area contributed by atoms with Crippen molar-refractivity contribution in [3.8, 4) is 0 Å². The van der Waals surface area contributed by atoms with E-state index < -0.39 is 6.10 Å². The molecule has 0 aromatic carbocycles. The molecule has 2 N–H and O–H groups in total. The quantitative estimate of drug-likeness (QED) is 0.622. The largest absolute Gasteiger partial charge is 0.389 e. The van der Waals surface area contributed by atoms with E-state index in [4.69, 9.17) is 4.74 Å². The number of methoxy groups -OCH3 is 1. The van der Waals surface area contributed by atoms with E-state index in [0.29, 0.717) is 19.2 Å². The molecule has 18 heavy (non-hydrogen) atoms. The third-order valence-electron chi connectivity index (χ3n) is 3.43. The summed E-state index contributed by atoms with van der Waals surface area (Å²) in [5.41, 5.74) is 0.177. The minimum absolute atomic E-state index is 0.177. The third kappa shape index (κ3) is 7.31. The maximum atomic E-state index is 9.71. The molecule has 0 amide bonds. The summed E-state index contributed by atoms with van der Waals surface area (Å²) in [4.78, 5) is 2.17. The smallest absolute Gasteiger partial charge is 0.0899 e. The molecular formula is C14H32N2O2. The summed E-state index contributed by atoms with van der Waals surface area (Å²) >= 11 is 0. The van der Waals surface area contributed by atoms with Crippen LogP contribution in [0.3, 0.4) is 0 Å². The van der Waals surface area contributed by atoms with E-state index in [-0.39, 0.29) is 5.41 Å². The molecule has 0 spiro atoms. The van der Waals surface area contributed by atoms with Crippen LogP contribution in [0.5, 0.6) is 0 Å². The van der Waals surface area contributed by atoms with E-state index in [2.05, 4.69) is 37.9 Å². The van der Waals surface area contributed by atoms with Crippen LogP contribution < -0.4 is 5.32 Å². The maximum Gasteiger partial charge on any atom is 0.0899 e. The van der Waals surface area contributed by atoms with Crippen LogP contribution in [0.15, 0.2) is 0 Å². The number of nitrogens with zero attached hydrogens (tertiary/aromatic N) is 1. The van der Waals surface area contributed by atoms with Gasteiger partial charge in [-0.05, 0) is 32.4 Å². The van der Waals surface area contributed by atoms with E-state index >= 15 is 0 Å². The summed E-state index contributed by atoms with van der Waals surface area (Å²) in [7, 11) is 3.66. The molecular weight excluding hydrogens is 228 g/mol. The summed E-state index contributed by atoms with van der Waals surface area (Å²) < 4.78 is 4.95. The highest BCUT2D eigenvalue weighted by atomic mass is 16.5. The van der Waals surface area contributed by atoms with Gasteiger partial charge in [-0.25, -0.2) is 0 Å². The first-order valence-electron chi connectivity index (χ1n) is 6.92.